The van der Waals surface area contributed by atoms with Crippen LogP contribution < -0.4 is 10.1 Å². The topological polar surface area (TPSA) is 38.3 Å². The Hall–Kier alpha value is -3.28. The third kappa shape index (κ3) is 5.60. The highest BCUT2D eigenvalue weighted by Crippen LogP contribution is 2.31. The van der Waals surface area contributed by atoms with Gasteiger partial charge in [-0.25, -0.2) is 0 Å². The van der Waals surface area contributed by atoms with Gasteiger partial charge in [0.2, 0.25) is 0 Å². The monoisotopic (exact) mass is 399 g/mol. The molecule has 0 saturated heterocycles. The second-order valence-corrected chi connectivity index (χ2v) is 6.64. The lowest BCUT2D eigenvalue weighted by Crippen LogP contribution is -2.33. The summed E-state index contributed by atoms with van der Waals surface area (Å²) in [5.41, 5.74) is 2.03. The minimum Gasteiger partial charge on any atom is -0.484 e. The normalized spacial score (nSPS) is 12.3. The van der Waals surface area contributed by atoms with Gasteiger partial charge in [-0.3, -0.25) is 4.79 Å². The van der Waals surface area contributed by atoms with E-state index >= 15 is 0 Å². The summed E-state index contributed by atoms with van der Waals surface area (Å²) in [6.07, 6.45) is -4.47. The third-order valence-electron chi connectivity index (χ3n) is 4.34. The lowest BCUT2D eigenvalue weighted by atomic mass is 9.97. The van der Waals surface area contributed by atoms with Crippen molar-refractivity contribution in [2.75, 3.05) is 6.61 Å². The van der Waals surface area contributed by atoms with Crippen molar-refractivity contribution < 1.29 is 22.7 Å². The Balaban J connectivity index is 1.73. The standard InChI is InChI=1S/C23H20F3NO2/c1-16-7-5-10-18(13-16)22(17-8-3-2-4-9-17)27-21(28)15-29-20-12-6-11-19(14-20)23(24,25)26/h2-14,22H,15H2,1H3,(H,27,28)/t22-/m0/s1. The van der Waals surface area contributed by atoms with Crippen LogP contribution in [0.4, 0.5) is 13.2 Å². The quantitative estimate of drug-likeness (QED) is 0.611. The van der Waals surface area contributed by atoms with Gasteiger partial charge >= 0.3 is 6.18 Å². The number of carbonyl (C=O) groups is 1. The summed E-state index contributed by atoms with van der Waals surface area (Å²) in [6.45, 7) is 1.57. The largest absolute Gasteiger partial charge is 0.484 e. The maximum atomic E-state index is 12.8. The van der Waals surface area contributed by atoms with Crippen LogP contribution in [0.15, 0.2) is 78.9 Å². The van der Waals surface area contributed by atoms with E-state index in [4.69, 9.17) is 4.74 Å². The third-order valence-corrected chi connectivity index (χ3v) is 4.34. The van der Waals surface area contributed by atoms with Crippen molar-refractivity contribution in [2.24, 2.45) is 0 Å². The van der Waals surface area contributed by atoms with Crippen molar-refractivity contribution in [3.8, 4) is 5.75 Å². The predicted octanol–water partition coefficient (Wildman–Crippen LogP) is 5.30. The van der Waals surface area contributed by atoms with E-state index < -0.39 is 30.3 Å². The van der Waals surface area contributed by atoms with E-state index in [9.17, 15) is 18.0 Å². The number of alkyl halides is 3. The molecular formula is C23H20F3NO2. The highest BCUT2D eigenvalue weighted by Gasteiger charge is 2.30. The number of aryl methyl sites for hydroxylation is 1. The van der Waals surface area contributed by atoms with Crippen molar-refractivity contribution >= 4 is 5.91 Å². The Morgan fingerprint density at radius 1 is 0.931 bits per heavy atom. The Bertz CT molecular complexity index is 971. The van der Waals surface area contributed by atoms with E-state index in [-0.39, 0.29) is 5.75 Å². The molecule has 0 unspecified atom stereocenters. The van der Waals surface area contributed by atoms with Gasteiger partial charge in [-0.15, -0.1) is 0 Å². The molecule has 0 heterocycles. The summed E-state index contributed by atoms with van der Waals surface area (Å²) in [4.78, 5) is 12.5. The summed E-state index contributed by atoms with van der Waals surface area (Å²) < 4.78 is 43.7. The molecule has 29 heavy (non-hydrogen) atoms. The molecule has 0 aliphatic carbocycles. The van der Waals surface area contributed by atoms with Gasteiger partial charge in [-0.1, -0.05) is 66.2 Å². The van der Waals surface area contributed by atoms with Crippen LogP contribution in [0.25, 0.3) is 0 Å². The van der Waals surface area contributed by atoms with Crippen molar-refractivity contribution in [1.29, 1.82) is 0 Å². The first-order chi connectivity index (χ1) is 13.8. The van der Waals surface area contributed by atoms with Gasteiger partial charge < -0.3 is 10.1 Å². The molecule has 3 aromatic rings. The molecule has 0 saturated carbocycles. The predicted molar refractivity (Wildman–Crippen MR) is 105 cm³/mol. The summed E-state index contributed by atoms with van der Waals surface area (Å²) >= 11 is 0. The van der Waals surface area contributed by atoms with Crippen molar-refractivity contribution in [3.63, 3.8) is 0 Å². The number of benzene rings is 3. The van der Waals surface area contributed by atoms with Crippen LogP contribution in [0, 0.1) is 6.92 Å². The molecule has 0 aliphatic rings. The molecule has 0 radical (unpaired) electrons. The summed E-state index contributed by atoms with van der Waals surface area (Å²) in [6, 6.07) is 21.3. The smallest absolute Gasteiger partial charge is 0.416 e. The molecule has 0 aromatic heterocycles. The van der Waals surface area contributed by atoms with Crippen LogP contribution in [0.3, 0.4) is 0 Å². The number of hydrogen-bond donors (Lipinski definition) is 1. The number of ether oxygens (including phenoxy) is 1. The SMILES string of the molecule is Cc1cccc([C@@H](NC(=O)COc2cccc(C(F)(F)F)c2)c2ccccc2)c1. The molecule has 0 spiro atoms. The summed E-state index contributed by atoms with van der Waals surface area (Å²) in [7, 11) is 0. The van der Waals surface area contributed by atoms with Crippen molar-refractivity contribution in [1.82, 2.24) is 5.32 Å². The van der Waals surface area contributed by atoms with E-state index in [2.05, 4.69) is 5.32 Å². The average Bonchev–Trinajstić information content (AvgIpc) is 2.71. The molecule has 3 nitrogen and oxygen atoms in total. The molecule has 3 aromatic carbocycles. The van der Waals surface area contributed by atoms with Gasteiger partial charge in [0.15, 0.2) is 6.61 Å². The lowest BCUT2D eigenvalue weighted by molar-refractivity contribution is -0.137. The van der Waals surface area contributed by atoms with Crippen LogP contribution in [0.5, 0.6) is 5.75 Å². The van der Waals surface area contributed by atoms with Gasteiger partial charge in [0.25, 0.3) is 5.91 Å². The number of carbonyl (C=O) groups excluding carboxylic acids is 1. The molecule has 1 amide bonds. The van der Waals surface area contributed by atoms with E-state index in [1.165, 1.54) is 12.1 Å². The molecule has 1 N–H and O–H groups in total. The molecule has 150 valence electrons. The molecule has 1 atom stereocenters. The average molecular weight is 399 g/mol. The highest BCUT2D eigenvalue weighted by molar-refractivity contribution is 5.78. The second kappa shape index (κ2) is 8.82. The number of amides is 1. The molecule has 6 heteroatoms. The molecular weight excluding hydrogens is 379 g/mol. The minimum atomic E-state index is -4.47. The van der Waals surface area contributed by atoms with Crippen LogP contribution >= 0.6 is 0 Å². The van der Waals surface area contributed by atoms with Gasteiger partial charge in [0, 0.05) is 0 Å². The fourth-order valence-corrected chi connectivity index (χ4v) is 2.97. The van der Waals surface area contributed by atoms with Crippen molar-refractivity contribution in [2.45, 2.75) is 19.1 Å². The maximum Gasteiger partial charge on any atom is 0.416 e. The molecule has 0 bridgehead atoms. The number of rotatable bonds is 6. The molecule has 0 aliphatic heterocycles. The van der Waals surface area contributed by atoms with E-state index in [0.29, 0.717) is 0 Å². The van der Waals surface area contributed by atoms with Gasteiger partial charge in [-0.05, 0) is 36.2 Å². The first-order valence-electron chi connectivity index (χ1n) is 9.04. The minimum absolute atomic E-state index is 0.0122. The second-order valence-electron chi connectivity index (χ2n) is 6.64. The number of hydrogen-bond acceptors (Lipinski definition) is 2. The number of halogens is 3. The summed E-state index contributed by atoms with van der Waals surface area (Å²) in [5, 5.41) is 2.91. The van der Waals surface area contributed by atoms with Crippen LogP contribution in [0.2, 0.25) is 0 Å². The van der Waals surface area contributed by atoms with Gasteiger partial charge in [0.1, 0.15) is 5.75 Å². The van der Waals surface area contributed by atoms with E-state index in [1.807, 2.05) is 61.5 Å². The Morgan fingerprint density at radius 3 is 2.31 bits per heavy atom. The first-order valence-corrected chi connectivity index (χ1v) is 9.04. The zero-order chi connectivity index (χ0) is 20.9. The first kappa shape index (κ1) is 20.5. The summed E-state index contributed by atoms with van der Waals surface area (Å²) in [5.74, 6) is -0.445. The number of nitrogens with one attached hydrogen (secondary N) is 1. The molecule has 0 fully saturated rings. The van der Waals surface area contributed by atoms with Crippen molar-refractivity contribution in [3.05, 3.63) is 101 Å². The van der Waals surface area contributed by atoms with E-state index in [0.717, 1.165) is 28.8 Å². The van der Waals surface area contributed by atoms with Gasteiger partial charge in [-0.2, -0.15) is 13.2 Å². The Kier molecular flexibility index (Phi) is 6.22. The maximum absolute atomic E-state index is 12.8. The van der Waals surface area contributed by atoms with Crippen LogP contribution in [-0.4, -0.2) is 12.5 Å². The zero-order valence-electron chi connectivity index (χ0n) is 15.7. The fourth-order valence-electron chi connectivity index (χ4n) is 2.97. The highest BCUT2D eigenvalue weighted by atomic mass is 19.4. The van der Waals surface area contributed by atoms with E-state index in [1.54, 1.807) is 0 Å². The molecule has 3 rings (SSSR count). The Labute approximate surface area is 167 Å². The van der Waals surface area contributed by atoms with Crippen LogP contribution in [0.1, 0.15) is 28.3 Å². The van der Waals surface area contributed by atoms with Crippen LogP contribution in [-0.2, 0) is 11.0 Å². The Morgan fingerprint density at radius 2 is 1.62 bits per heavy atom. The fraction of sp³-hybridized carbons (Fsp3) is 0.174. The zero-order valence-corrected chi connectivity index (χ0v) is 15.7. The lowest BCUT2D eigenvalue weighted by Gasteiger charge is -2.20. The van der Waals surface area contributed by atoms with Gasteiger partial charge in [0.05, 0.1) is 11.6 Å².